The van der Waals surface area contributed by atoms with E-state index in [0.29, 0.717) is 0 Å². The van der Waals surface area contributed by atoms with Crippen LogP contribution in [0.25, 0.3) is 11.1 Å². The molecule has 0 aliphatic carbocycles. The van der Waals surface area contributed by atoms with E-state index in [1.807, 2.05) is 55.6 Å². The van der Waals surface area contributed by atoms with E-state index >= 15 is 0 Å². The Balaban J connectivity index is 1.53. The molecule has 0 fully saturated rings. The van der Waals surface area contributed by atoms with Gasteiger partial charge in [0.1, 0.15) is 5.60 Å². The number of amides is 1. The van der Waals surface area contributed by atoms with E-state index in [-0.39, 0.29) is 0 Å². The maximum Gasteiger partial charge on any atom is 0.412 e. The molecule has 1 amide bonds. The van der Waals surface area contributed by atoms with E-state index in [4.69, 9.17) is 4.74 Å². The average Bonchev–Trinajstić information content (AvgIpc) is 3.22. The molecule has 0 spiro atoms. The van der Waals surface area contributed by atoms with Crippen molar-refractivity contribution in [2.24, 2.45) is 0 Å². The van der Waals surface area contributed by atoms with Gasteiger partial charge < -0.3 is 9.64 Å². The molecule has 29 heavy (non-hydrogen) atoms. The molecule has 3 aromatic rings. The fourth-order valence-corrected chi connectivity index (χ4v) is 3.79. The molecule has 5 heteroatoms. The fraction of sp³-hybridized carbons (Fsp3) is 0.292. The first-order valence-electron chi connectivity index (χ1n) is 9.77. The van der Waals surface area contributed by atoms with Gasteiger partial charge in [0.2, 0.25) is 0 Å². The Hall–Kier alpha value is -2.63. The quantitative estimate of drug-likeness (QED) is 0.478. The number of rotatable bonds is 8. The second kappa shape index (κ2) is 9.72. The van der Waals surface area contributed by atoms with Crippen molar-refractivity contribution in [1.29, 1.82) is 0 Å². The Morgan fingerprint density at radius 3 is 2.52 bits per heavy atom. The first-order chi connectivity index (χ1) is 13.9. The van der Waals surface area contributed by atoms with Crippen molar-refractivity contribution < 1.29 is 9.53 Å². The van der Waals surface area contributed by atoms with Crippen LogP contribution in [0.15, 0.2) is 71.4 Å². The predicted octanol–water partition coefficient (Wildman–Crippen LogP) is 6.26. The standard InChI is InChI=1S/C24H28N2O2S/c1-24(2,14-15-26(3)17-19-9-5-4-6-10-19)28-23(27)25-22-12-8-7-11-21(22)20-13-16-29-18-20/h4-13,16,18H,14-15,17H2,1-3H3,(H,25,27). The number of nitrogens with one attached hydrogen (secondary N) is 1. The summed E-state index contributed by atoms with van der Waals surface area (Å²) >= 11 is 1.63. The zero-order valence-corrected chi connectivity index (χ0v) is 18.0. The third-order valence-corrected chi connectivity index (χ3v) is 5.44. The molecule has 3 rings (SSSR count). The highest BCUT2D eigenvalue weighted by molar-refractivity contribution is 7.08. The summed E-state index contributed by atoms with van der Waals surface area (Å²) in [5, 5.41) is 7.01. The van der Waals surface area contributed by atoms with E-state index < -0.39 is 11.7 Å². The lowest BCUT2D eigenvalue weighted by molar-refractivity contribution is 0.0353. The first-order valence-corrected chi connectivity index (χ1v) is 10.7. The highest BCUT2D eigenvalue weighted by Gasteiger charge is 2.24. The highest BCUT2D eigenvalue weighted by Crippen LogP contribution is 2.30. The second-order valence-corrected chi connectivity index (χ2v) is 8.59. The van der Waals surface area contributed by atoms with Gasteiger partial charge in [0, 0.05) is 18.7 Å². The molecule has 0 atom stereocenters. The molecule has 0 saturated carbocycles. The van der Waals surface area contributed by atoms with Gasteiger partial charge in [-0.2, -0.15) is 11.3 Å². The summed E-state index contributed by atoms with van der Waals surface area (Å²) < 4.78 is 5.74. The van der Waals surface area contributed by atoms with E-state index in [2.05, 4.69) is 46.9 Å². The van der Waals surface area contributed by atoms with Crippen LogP contribution < -0.4 is 5.32 Å². The number of carbonyl (C=O) groups excluding carboxylic acids is 1. The highest BCUT2D eigenvalue weighted by atomic mass is 32.1. The summed E-state index contributed by atoms with van der Waals surface area (Å²) in [6.07, 6.45) is 0.319. The van der Waals surface area contributed by atoms with Gasteiger partial charge in [0.25, 0.3) is 0 Å². The number of para-hydroxylation sites is 1. The van der Waals surface area contributed by atoms with Gasteiger partial charge in [-0.1, -0.05) is 48.5 Å². The topological polar surface area (TPSA) is 41.6 Å². The molecule has 1 aromatic heterocycles. The zero-order valence-electron chi connectivity index (χ0n) is 17.2. The van der Waals surface area contributed by atoms with E-state index in [1.54, 1.807) is 11.3 Å². The summed E-state index contributed by atoms with van der Waals surface area (Å²) in [7, 11) is 2.08. The minimum atomic E-state index is -0.563. The SMILES string of the molecule is CN(CCC(C)(C)OC(=O)Nc1ccccc1-c1ccsc1)Cc1ccccc1. The molecule has 0 radical (unpaired) electrons. The van der Waals surface area contributed by atoms with E-state index in [9.17, 15) is 4.79 Å². The lowest BCUT2D eigenvalue weighted by Crippen LogP contribution is -2.34. The van der Waals surface area contributed by atoms with Crippen LogP contribution in [-0.2, 0) is 11.3 Å². The third kappa shape index (κ3) is 6.44. The summed E-state index contributed by atoms with van der Waals surface area (Å²) in [4.78, 5) is 14.8. The van der Waals surface area contributed by atoms with Gasteiger partial charge in [-0.05, 0) is 61.3 Å². The van der Waals surface area contributed by atoms with Crippen molar-refractivity contribution in [3.8, 4) is 11.1 Å². The number of hydrogen-bond donors (Lipinski definition) is 1. The summed E-state index contributed by atoms with van der Waals surface area (Å²) in [5.41, 5.74) is 3.55. The third-order valence-electron chi connectivity index (χ3n) is 4.76. The maximum atomic E-state index is 12.5. The minimum absolute atomic E-state index is 0.427. The van der Waals surface area contributed by atoms with Crippen molar-refractivity contribution in [3.05, 3.63) is 77.0 Å². The average molecular weight is 409 g/mol. The Morgan fingerprint density at radius 1 is 1.07 bits per heavy atom. The number of carbonyl (C=O) groups is 1. The number of thiophene rings is 1. The van der Waals surface area contributed by atoms with Gasteiger partial charge in [-0.15, -0.1) is 0 Å². The Morgan fingerprint density at radius 2 is 1.79 bits per heavy atom. The summed E-state index contributed by atoms with van der Waals surface area (Å²) in [5.74, 6) is 0. The normalized spacial score (nSPS) is 11.4. The smallest absolute Gasteiger partial charge is 0.412 e. The number of nitrogens with zero attached hydrogens (tertiary/aromatic N) is 1. The maximum absolute atomic E-state index is 12.5. The largest absolute Gasteiger partial charge is 0.443 e. The van der Waals surface area contributed by atoms with Crippen molar-refractivity contribution >= 4 is 23.1 Å². The molecule has 0 unspecified atom stereocenters. The molecular weight excluding hydrogens is 380 g/mol. The van der Waals surface area contributed by atoms with Crippen LogP contribution in [-0.4, -0.2) is 30.2 Å². The molecule has 0 aliphatic rings. The molecule has 0 bridgehead atoms. The van der Waals surface area contributed by atoms with Crippen LogP contribution in [0, 0.1) is 0 Å². The van der Waals surface area contributed by atoms with Gasteiger partial charge in [0.15, 0.2) is 0 Å². The molecule has 4 nitrogen and oxygen atoms in total. The van der Waals surface area contributed by atoms with Gasteiger partial charge in [-0.3, -0.25) is 5.32 Å². The molecule has 1 heterocycles. The summed E-state index contributed by atoms with van der Waals surface area (Å²) in [6.45, 7) is 5.61. The minimum Gasteiger partial charge on any atom is -0.443 e. The first kappa shape index (κ1) is 21.1. The fourth-order valence-electron chi connectivity index (χ4n) is 3.13. The van der Waals surface area contributed by atoms with Crippen LogP contribution in [0.4, 0.5) is 10.5 Å². The molecule has 0 saturated heterocycles. The molecule has 2 aromatic carbocycles. The summed E-state index contributed by atoms with van der Waals surface area (Å²) in [6, 6.07) is 20.2. The van der Waals surface area contributed by atoms with Crippen molar-refractivity contribution in [3.63, 3.8) is 0 Å². The van der Waals surface area contributed by atoms with Crippen LogP contribution in [0.1, 0.15) is 25.8 Å². The molecular formula is C24H28N2O2S. The van der Waals surface area contributed by atoms with Crippen LogP contribution in [0.3, 0.4) is 0 Å². The van der Waals surface area contributed by atoms with Crippen molar-refractivity contribution in [1.82, 2.24) is 4.90 Å². The second-order valence-electron chi connectivity index (χ2n) is 7.81. The molecule has 1 N–H and O–H groups in total. The number of hydrogen-bond acceptors (Lipinski definition) is 4. The van der Waals surface area contributed by atoms with E-state index in [1.165, 1.54) is 5.56 Å². The lowest BCUT2D eigenvalue weighted by atomic mass is 10.0. The monoisotopic (exact) mass is 408 g/mol. The van der Waals surface area contributed by atoms with Crippen molar-refractivity contribution in [2.45, 2.75) is 32.4 Å². The van der Waals surface area contributed by atoms with Crippen LogP contribution >= 0.6 is 11.3 Å². The van der Waals surface area contributed by atoms with E-state index in [0.717, 1.165) is 36.3 Å². The Bertz CT molecular complexity index is 908. The van der Waals surface area contributed by atoms with Gasteiger partial charge in [-0.25, -0.2) is 4.79 Å². The Labute approximate surface area is 177 Å². The molecule has 0 aliphatic heterocycles. The number of benzene rings is 2. The van der Waals surface area contributed by atoms with Crippen LogP contribution in [0.5, 0.6) is 0 Å². The van der Waals surface area contributed by atoms with Crippen molar-refractivity contribution in [2.75, 3.05) is 18.9 Å². The zero-order chi connectivity index (χ0) is 20.7. The number of ether oxygens (including phenoxy) is 1. The lowest BCUT2D eigenvalue weighted by Gasteiger charge is -2.28. The number of anilines is 1. The van der Waals surface area contributed by atoms with Crippen LogP contribution in [0.2, 0.25) is 0 Å². The van der Waals surface area contributed by atoms with Gasteiger partial charge in [0.05, 0.1) is 5.69 Å². The predicted molar refractivity (Wildman–Crippen MR) is 121 cm³/mol. The molecule has 152 valence electrons. The van der Waals surface area contributed by atoms with Gasteiger partial charge >= 0.3 is 6.09 Å². The Kier molecular flexibility index (Phi) is 7.07.